The normalized spacial score (nSPS) is 11.8. The second-order valence-electron chi connectivity index (χ2n) is 6.11. The Kier molecular flexibility index (Phi) is 6.85. The van der Waals surface area contributed by atoms with E-state index in [1.54, 1.807) is 11.3 Å². The molecule has 1 heterocycles. The topological polar surface area (TPSA) is 101 Å². The van der Waals surface area contributed by atoms with Crippen LogP contribution in [0.4, 0.5) is 5.69 Å². The first-order chi connectivity index (χ1) is 12.4. The molecule has 1 aromatic heterocycles. The van der Waals surface area contributed by atoms with Crippen LogP contribution < -0.4 is 10.6 Å². The Morgan fingerprint density at radius 2 is 1.88 bits per heavy atom. The monoisotopic (exact) mass is 375 g/mol. The summed E-state index contributed by atoms with van der Waals surface area (Å²) in [6, 6.07) is 9.22. The van der Waals surface area contributed by atoms with Crippen molar-refractivity contribution in [3.05, 3.63) is 62.3 Å². The van der Waals surface area contributed by atoms with Gasteiger partial charge in [0.1, 0.15) is 0 Å². The number of nitro benzene ring substituents is 1. The molecular weight excluding hydrogens is 354 g/mol. The highest BCUT2D eigenvalue weighted by Gasteiger charge is 2.19. The summed E-state index contributed by atoms with van der Waals surface area (Å²) in [5, 5.41) is 18.2. The number of non-ortho nitro benzene ring substituents is 1. The summed E-state index contributed by atoms with van der Waals surface area (Å²) in [5.74, 6) is -0.250. The number of amides is 2. The van der Waals surface area contributed by atoms with Crippen LogP contribution in [0, 0.1) is 16.0 Å². The number of carbonyl (C=O) groups is 2. The third-order valence-electron chi connectivity index (χ3n) is 3.81. The number of nitrogens with zero attached hydrogens (tertiary/aromatic N) is 1. The van der Waals surface area contributed by atoms with E-state index in [0.717, 1.165) is 4.88 Å². The lowest BCUT2D eigenvalue weighted by Crippen LogP contribution is -2.34. The molecule has 7 nitrogen and oxygen atoms in total. The predicted molar refractivity (Wildman–Crippen MR) is 100 cm³/mol. The highest BCUT2D eigenvalue weighted by atomic mass is 32.1. The number of hydrogen-bond donors (Lipinski definition) is 2. The van der Waals surface area contributed by atoms with Gasteiger partial charge >= 0.3 is 0 Å². The van der Waals surface area contributed by atoms with Crippen LogP contribution in [0.2, 0.25) is 0 Å². The maximum atomic E-state index is 12.2. The smallest absolute Gasteiger partial charge is 0.269 e. The molecule has 1 atom stereocenters. The summed E-state index contributed by atoms with van der Waals surface area (Å²) in [6.07, 6.45) is 0.160. The average Bonchev–Trinajstić information content (AvgIpc) is 3.13. The lowest BCUT2D eigenvalue weighted by molar-refractivity contribution is -0.384. The minimum Gasteiger partial charge on any atom is -0.352 e. The van der Waals surface area contributed by atoms with Gasteiger partial charge in [0.15, 0.2) is 0 Å². The van der Waals surface area contributed by atoms with E-state index in [-0.39, 0.29) is 42.4 Å². The zero-order valence-electron chi connectivity index (χ0n) is 14.6. The summed E-state index contributed by atoms with van der Waals surface area (Å²) < 4.78 is 0. The lowest BCUT2D eigenvalue weighted by Gasteiger charge is -2.21. The third-order valence-corrected chi connectivity index (χ3v) is 4.77. The second-order valence-corrected chi connectivity index (χ2v) is 7.09. The van der Waals surface area contributed by atoms with Crippen LogP contribution in [-0.4, -0.2) is 23.3 Å². The Balaban J connectivity index is 1.81. The van der Waals surface area contributed by atoms with Crippen LogP contribution in [0.5, 0.6) is 0 Å². The van der Waals surface area contributed by atoms with Crippen LogP contribution in [0.1, 0.15) is 41.5 Å². The van der Waals surface area contributed by atoms with Gasteiger partial charge in [0.25, 0.3) is 11.6 Å². The number of nitro groups is 1. The van der Waals surface area contributed by atoms with Crippen molar-refractivity contribution in [3.63, 3.8) is 0 Å². The van der Waals surface area contributed by atoms with Crippen molar-refractivity contribution in [1.29, 1.82) is 0 Å². The molecule has 2 aromatic rings. The number of thiophene rings is 1. The van der Waals surface area contributed by atoms with Gasteiger partial charge in [-0.3, -0.25) is 19.7 Å². The highest BCUT2D eigenvalue weighted by molar-refractivity contribution is 7.10. The van der Waals surface area contributed by atoms with Gasteiger partial charge in [0.05, 0.1) is 11.0 Å². The van der Waals surface area contributed by atoms with Gasteiger partial charge in [0, 0.05) is 35.5 Å². The van der Waals surface area contributed by atoms with E-state index in [1.165, 1.54) is 24.3 Å². The molecule has 138 valence electrons. The van der Waals surface area contributed by atoms with Crippen LogP contribution in [0.25, 0.3) is 0 Å². The standard InChI is InChI=1S/C18H21N3O4S/c1-12(2)17(15-4-3-11-26-15)20-16(22)9-10-19-18(23)13-5-7-14(8-6-13)21(24)25/h3-8,11-12,17H,9-10H2,1-2H3,(H,19,23)(H,20,22)/t17-/m1/s1. The predicted octanol–water partition coefficient (Wildman–Crippen LogP) is 3.29. The van der Waals surface area contributed by atoms with Gasteiger partial charge < -0.3 is 10.6 Å². The first-order valence-corrected chi connectivity index (χ1v) is 9.12. The highest BCUT2D eigenvalue weighted by Crippen LogP contribution is 2.25. The molecule has 2 amide bonds. The van der Waals surface area contributed by atoms with E-state index in [4.69, 9.17) is 0 Å². The van der Waals surface area contributed by atoms with Gasteiger partial charge in [0.2, 0.25) is 5.91 Å². The zero-order valence-corrected chi connectivity index (χ0v) is 15.4. The Morgan fingerprint density at radius 3 is 2.42 bits per heavy atom. The molecule has 1 aromatic carbocycles. The van der Waals surface area contributed by atoms with Gasteiger partial charge in [-0.1, -0.05) is 19.9 Å². The molecule has 0 spiro atoms. The molecular formula is C18H21N3O4S. The van der Waals surface area contributed by atoms with E-state index in [9.17, 15) is 19.7 Å². The first-order valence-electron chi connectivity index (χ1n) is 8.24. The lowest BCUT2D eigenvalue weighted by atomic mass is 10.0. The van der Waals surface area contributed by atoms with E-state index in [2.05, 4.69) is 10.6 Å². The largest absolute Gasteiger partial charge is 0.352 e. The number of benzene rings is 1. The molecule has 8 heteroatoms. The quantitative estimate of drug-likeness (QED) is 0.546. The third kappa shape index (κ3) is 5.38. The Bertz CT molecular complexity index is 757. The molecule has 0 aliphatic carbocycles. The van der Waals surface area contributed by atoms with Crippen molar-refractivity contribution >= 4 is 28.8 Å². The Labute approximate surface area is 155 Å². The zero-order chi connectivity index (χ0) is 19.1. The summed E-state index contributed by atoms with van der Waals surface area (Å²) in [4.78, 5) is 35.4. The minimum absolute atomic E-state index is 0.0483. The first kappa shape index (κ1) is 19.6. The fourth-order valence-electron chi connectivity index (χ4n) is 2.41. The van der Waals surface area contributed by atoms with Gasteiger partial charge in [-0.05, 0) is 29.5 Å². The summed E-state index contributed by atoms with van der Waals surface area (Å²) in [6.45, 7) is 4.28. The van der Waals surface area contributed by atoms with Gasteiger partial charge in [-0.15, -0.1) is 11.3 Å². The number of nitrogens with one attached hydrogen (secondary N) is 2. The van der Waals surface area contributed by atoms with Crippen molar-refractivity contribution in [2.75, 3.05) is 6.54 Å². The van der Waals surface area contributed by atoms with Crippen molar-refractivity contribution in [3.8, 4) is 0 Å². The number of rotatable bonds is 8. The minimum atomic E-state index is -0.523. The molecule has 2 rings (SSSR count). The summed E-state index contributed by atoms with van der Waals surface area (Å²) >= 11 is 1.60. The SMILES string of the molecule is CC(C)[C@@H](NC(=O)CCNC(=O)c1ccc([N+](=O)[O-])cc1)c1cccs1. The van der Waals surface area contributed by atoms with Crippen LogP contribution in [0.3, 0.4) is 0 Å². The van der Waals surface area contributed by atoms with Crippen LogP contribution in [0.15, 0.2) is 41.8 Å². The van der Waals surface area contributed by atoms with E-state index < -0.39 is 4.92 Å². The van der Waals surface area contributed by atoms with Crippen LogP contribution >= 0.6 is 11.3 Å². The van der Waals surface area contributed by atoms with Crippen molar-refractivity contribution < 1.29 is 14.5 Å². The maximum Gasteiger partial charge on any atom is 0.269 e. The van der Waals surface area contributed by atoms with E-state index >= 15 is 0 Å². The fraction of sp³-hybridized carbons (Fsp3) is 0.333. The molecule has 0 fully saturated rings. The molecule has 0 saturated carbocycles. The molecule has 0 saturated heterocycles. The average molecular weight is 375 g/mol. The van der Waals surface area contributed by atoms with Crippen molar-refractivity contribution in [1.82, 2.24) is 10.6 Å². The number of hydrogen-bond acceptors (Lipinski definition) is 5. The molecule has 0 aliphatic heterocycles. The van der Waals surface area contributed by atoms with Crippen molar-refractivity contribution in [2.24, 2.45) is 5.92 Å². The van der Waals surface area contributed by atoms with Crippen molar-refractivity contribution in [2.45, 2.75) is 26.3 Å². The number of carbonyl (C=O) groups excluding carboxylic acids is 2. The van der Waals surface area contributed by atoms with Gasteiger partial charge in [-0.2, -0.15) is 0 Å². The summed E-state index contributed by atoms with van der Waals surface area (Å²) in [7, 11) is 0. The van der Waals surface area contributed by atoms with E-state index in [1.807, 2.05) is 31.4 Å². The Morgan fingerprint density at radius 1 is 1.19 bits per heavy atom. The molecule has 0 aliphatic rings. The van der Waals surface area contributed by atoms with E-state index in [0.29, 0.717) is 5.56 Å². The second kappa shape index (κ2) is 9.10. The molecule has 26 heavy (non-hydrogen) atoms. The summed E-state index contributed by atoms with van der Waals surface area (Å²) in [5.41, 5.74) is 0.240. The fourth-order valence-corrected chi connectivity index (χ4v) is 3.36. The molecule has 0 bridgehead atoms. The Hall–Kier alpha value is -2.74. The molecule has 2 N–H and O–H groups in total. The molecule has 0 radical (unpaired) electrons. The van der Waals surface area contributed by atoms with Crippen LogP contribution in [-0.2, 0) is 4.79 Å². The maximum absolute atomic E-state index is 12.2. The van der Waals surface area contributed by atoms with Gasteiger partial charge in [-0.25, -0.2) is 0 Å². The molecule has 0 unspecified atom stereocenters.